The van der Waals surface area contributed by atoms with Crippen molar-refractivity contribution in [2.45, 2.75) is 25.1 Å². The minimum Gasteiger partial charge on any atom is -0.207 e. The maximum absolute atomic E-state index is 13.5. The maximum Gasteiger partial charge on any atom is 0.126 e. The van der Waals surface area contributed by atoms with Crippen LogP contribution in [0.15, 0.2) is 42.5 Å². The molecule has 0 spiro atoms. The zero-order valence-electron chi connectivity index (χ0n) is 10.6. The van der Waals surface area contributed by atoms with Crippen LogP contribution in [0.4, 0.5) is 4.39 Å². The lowest BCUT2D eigenvalue weighted by Gasteiger charge is -2.11. The molecular weight excluding hydrogens is 291 g/mol. The topological polar surface area (TPSA) is 0 Å². The first-order valence-electron chi connectivity index (χ1n) is 6.02. The number of halogens is 2. The predicted octanol–water partition coefficient (Wildman–Crippen LogP) is 5.12. The fourth-order valence-electron chi connectivity index (χ4n) is 1.97. The number of aryl methyl sites for hydroxylation is 2. The van der Waals surface area contributed by atoms with Crippen LogP contribution in [0.3, 0.4) is 0 Å². The molecule has 0 saturated carbocycles. The largest absolute Gasteiger partial charge is 0.207 e. The summed E-state index contributed by atoms with van der Waals surface area (Å²) in [4.78, 5) is 0.148. The minimum absolute atomic E-state index is 0.138. The van der Waals surface area contributed by atoms with Gasteiger partial charge in [0.15, 0.2) is 0 Å². The molecule has 2 aromatic rings. The SMILES string of the molecule is Cc1cccc(CC(Br)c2ccc(C)c(F)c2)c1. The molecule has 0 heterocycles. The van der Waals surface area contributed by atoms with Crippen molar-refractivity contribution >= 4 is 15.9 Å². The van der Waals surface area contributed by atoms with E-state index in [1.54, 1.807) is 13.0 Å². The van der Waals surface area contributed by atoms with E-state index in [2.05, 4.69) is 47.1 Å². The Labute approximate surface area is 116 Å². The molecule has 2 heteroatoms. The molecule has 94 valence electrons. The lowest BCUT2D eigenvalue weighted by Crippen LogP contribution is -1.97. The summed E-state index contributed by atoms with van der Waals surface area (Å²) in [6.07, 6.45) is 0.865. The Morgan fingerprint density at radius 1 is 1.11 bits per heavy atom. The Morgan fingerprint density at radius 3 is 2.56 bits per heavy atom. The van der Waals surface area contributed by atoms with Crippen molar-refractivity contribution < 1.29 is 4.39 Å². The average molecular weight is 307 g/mol. The van der Waals surface area contributed by atoms with E-state index >= 15 is 0 Å². The van der Waals surface area contributed by atoms with Gasteiger partial charge in [-0.15, -0.1) is 0 Å². The zero-order valence-corrected chi connectivity index (χ0v) is 12.2. The van der Waals surface area contributed by atoms with E-state index in [4.69, 9.17) is 0 Å². The van der Waals surface area contributed by atoms with Crippen molar-refractivity contribution in [3.63, 3.8) is 0 Å². The molecule has 0 saturated heterocycles. The standard InChI is InChI=1S/C16H16BrF/c1-11-4-3-5-13(8-11)9-15(17)14-7-6-12(2)16(18)10-14/h3-8,10,15H,9H2,1-2H3. The first kappa shape index (κ1) is 13.3. The van der Waals surface area contributed by atoms with Crippen molar-refractivity contribution in [3.8, 4) is 0 Å². The Bertz CT molecular complexity index is 549. The second kappa shape index (κ2) is 5.66. The summed E-state index contributed by atoms with van der Waals surface area (Å²) >= 11 is 3.64. The Morgan fingerprint density at radius 2 is 1.89 bits per heavy atom. The molecule has 2 aromatic carbocycles. The summed E-state index contributed by atoms with van der Waals surface area (Å²) in [5.41, 5.74) is 4.19. The molecule has 18 heavy (non-hydrogen) atoms. The lowest BCUT2D eigenvalue weighted by atomic mass is 10.0. The number of rotatable bonds is 3. The highest BCUT2D eigenvalue weighted by Gasteiger charge is 2.10. The molecule has 0 bridgehead atoms. The van der Waals surface area contributed by atoms with Crippen LogP contribution in [0.5, 0.6) is 0 Å². The molecule has 0 aliphatic carbocycles. The third-order valence-electron chi connectivity index (χ3n) is 3.05. The molecular formula is C16H16BrF. The smallest absolute Gasteiger partial charge is 0.126 e. The van der Waals surface area contributed by atoms with Crippen molar-refractivity contribution in [1.82, 2.24) is 0 Å². The average Bonchev–Trinajstić information content (AvgIpc) is 2.32. The van der Waals surface area contributed by atoms with Gasteiger partial charge >= 0.3 is 0 Å². The van der Waals surface area contributed by atoms with E-state index in [1.165, 1.54) is 11.1 Å². The van der Waals surface area contributed by atoms with Gasteiger partial charge in [0.1, 0.15) is 5.82 Å². The van der Waals surface area contributed by atoms with E-state index in [0.29, 0.717) is 5.56 Å². The Kier molecular flexibility index (Phi) is 4.18. The zero-order chi connectivity index (χ0) is 13.1. The van der Waals surface area contributed by atoms with Crippen LogP contribution in [-0.2, 0) is 6.42 Å². The summed E-state index contributed by atoms with van der Waals surface area (Å²) in [6, 6.07) is 13.8. The third-order valence-corrected chi connectivity index (χ3v) is 3.91. The van der Waals surface area contributed by atoms with Gasteiger partial charge in [-0.2, -0.15) is 0 Å². The second-order valence-corrected chi connectivity index (χ2v) is 5.77. The Hall–Kier alpha value is -1.15. The summed E-state index contributed by atoms with van der Waals surface area (Å²) in [6.45, 7) is 3.86. The van der Waals surface area contributed by atoms with Gasteiger partial charge in [-0.25, -0.2) is 4.39 Å². The molecule has 1 unspecified atom stereocenters. The number of hydrogen-bond acceptors (Lipinski definition) is 0. The van der Waals surface area contributed by atoms with Crippen molar-refractivity contribution in [3.05, 3.63) is 70.5 Å². The summed E-state index contributed by atoms with van der Waals surface area (Å²) < 4.78 is 13.5. The number of hydrogen-bond donors (Lipinski definition) is 0. The van der Waals surface area contributed by atoms with Crippen LogP contribution in [0.25, 0.3) is 0 Å². The van der Waals surface area contributed by atoms with E-state index in [-0.39, 0.29) is 10.6 Å². The van der Waals surface area contributed by atoms with E-state index in [9.17, 15) is 4.39 Å². The van der Waals surface area contributed by atoms with Gasteiger partial charge < -0.3 is 0 Å². The van der Waals surface area contributed by atoms with Gasteiger partial charge in [-0.05, 0) is 43.0 Å². The van der Waals surface area contributed by atoms with Crippen molar-refractivity contribution in [1.29, 1.82) is 0 Å². The van der Waals surface area contributed by atoms with E-state index in [1.807, 2.05) is 12.1 Å². The van der Waals surface area contributed by atoms with Gasteiger partial charge in [0.2, 0.25) is 0 Å². The van der Waals surface area contributed by atoms with E-state index in [0.717, 1.165) is 12.0 Å². The van der Waals surface area contributed by atoms with Crippen LogP contribution in [-0.4, -0.2) is 0 Å². The molecule has 0 nitrogen and oxygen atoms in total. The molecule has 0 N–H and O–H groups in total. The van der Waals surface area contributed by atoms with Gasteiger partial charge in [0.05, 0.1) is 0 Å². The second-order valence-electron chi connectivity index (χ2n) is 4.67. The first-order chi connectivity index (χ1) is 8.56. The third kappa shape index (κ3) is 3.20. The van der Waals surface area contributed by atoms with Crippen LogP contribution in [0.2, 0.25) is 0 Å². The van der Waals surface area contributed by atoms with Gasteiger partial charge in [0, 0.05) is 4.83 Å². The molecule has 2 rings (SSSR count). The highest BCUT2D eigenvalue weighted by Crippen LogP contribution is 2.28. The van der Waals surface area contributed by atoms with Gasteiger partial charge in [-0.3, -0.25) is 0 Å². The predicted molar refractivity (Wildman–Crippen MR) is 77.7 cm³/mol. The summed E-state index contributed by atoms with van der Waals surface area (Å²) in [7, 11) is 0. The van der Waals surface area contributed by atoms with Gasteiger partial charge in [-0.1, -0.05) is 57.9 Å². The van der Waals surface area contributed by atoms with Crippen LogP contribution < -0.4 is 0 Å². The van der Waals surface area contributed by atoms with E-state index < -0.39 is 0 Å². The fourth-order valence-corrected chi connectivity index (χ4v) is 2.63. The molecule has 0 aromatic heterocycles. The quantitative estimate of drug-likeness (QED) is 0.690. The summed E-state index contributed by atoms with van der Waals surface area (Å²) in [5.74, 6) is -0.138. The van der Waals surface area contributed by atoms with Crippen molar-refractivity contribution in [2.24, 2.45) is 0 Å². The molecule has 0 radical (unpaired) electrons. The number of benzene rings is 2. The van der Waals surface area contributed by atoms with Crippen LogP contribution in [0, 0.1) is 19.7 Å². The fraction of sp³-hybridized carbons (Fsp3) is 0.250. The van der Waals surface area contributed by atoms with Crippen molar-refractivity contribution in [2.75, 3.05) is 0 Å². The normalized spacial score (nSPS) is 12.4. The highest BCUT2D eigenvalue weighted by atomic mass is 79.9. The number of alkyl halides is 1. The highest BCUT2D eigenvalue weighted by molar-refractivity contribution is 9.09. The Balaban J connectivity index is 2.16. The summed E-state index contributed by atoms with van der Waals surface area (Å²) in [5, 5.41) is 0. The molecule has 1 atom stereocenters. The minimum atomic E-state index is -0.138. The molecule has 0 amide bonds. The lowest BCUT2D eigenvalue weighted by molar-refractivity contribution is 0.615. The molecule has 0 fully saturated rings. The molecule has 0 aliphatic rings. The first-order valence-corrected chi connectivity index (χ1v) is 6.93. The van der Waals surface area contributed by atoms with Gasteiger partial charge in [0.25, 0.3) is 0 Å². The van der Waals surface area contributed by atoms with Crippen LogP contribution in [0.1, 0.15) is 27.1 Å². The molecule has 0 aliphatic heterocycles. The monoisotopic (exact) mass is 306 g/mol. The van der Waals surface area contributed by atoms with Crippen LogP contribution >= 0.6 is 15.9 Å². The maximum atomic E-state index is 13.5.